The molecule has 2 aromatic rings. The van der Waals surface area contributed by atoms with Gasteiger partial charge in [0.25, 0.3) is 5.89 Å². The lowest BCUT2D eigenvalue weighted by atomic mass is 9.98. The predicted octanol–water partition coefficient (Wildman–Crippen LogP) is 3.99. The van der Waals surface area contributed by atoms with Crippen molar-refractivity contribution in [3.63, 3.8) is 0 Å². The monoisotopic (exact) mass is 401 g/mol. The van der Waals surface area contributed by atoms with Gasteiger partial charge in [-0.05, 0) is 52.7 Å². The van der Waals surface area contributed by atoms with Crippen LogP contribution in [-0.2, 0) is 14.3 Å². The minimum atomic E-state index is -0.677. The van der Waals surface area contributed by atoms with Crippen molar-refractivity contribution < 1.29 is 23.5 Å². The van der Waals surface area contributed by atoms with Crippen LogP contribution in [0.3, 0.4) is 0 Å². The molecule has 0 spiro atoms. The van der Waals surface area contributed by atoms with Crippen LogP contribution in [0, 0.1) is 5.92 Å². The second-order valence-electron chi connectivity index (χ2n) is 8.16. The number of hydrogen-bond donors (Lipinski definition) is 0. The van der Waals surface area contributed by atoms with E-state index in [2.05, 4.69) is 10.2 Å². The first kappa shape index (κ1) is 20.8. The maximum absolute atomic E-state index is 12.6. The minimum absolute atomic E-state index is 0.233. The van der Waals surface area contributed by atoms with Gasteiger partial charge in [-0.3, -0.25) is 4.79 Å². The zero-order valence-corrected chi connectivity index (χ0v) is 17.3. The van der Waals surface area contributed by atoms with Gasteiger partial charge in [0.15, 0.2) is 6.10 Å². The van der Waals surface area contributed by atoms with Gasteiger partial charge in [0, 0.05) is 18.7 Å². The minimum Gasteiger partial charge on any atom is -0.452 e. The second-order valence-corrected chi connectivity index (χ2v) is 8.16. The smallest absolute Gasteiger partial charge is 0.410 e. The number of carbonyl (C=O) groups is 2. The van der Waals surface area contributed by atoms with E-state index in [1.807, 2.05) is 51.1 Å². The van der Waals surface area contributed by atoms with Crippen LogP contribution >= 0.6 is 0 Å². The largest absolute Gasteiger partial charge is 0.452 e. The number of rotatable bonds is 4. The topological polar surface area (TPSA) is 94.8 Å². The number of aromatic nitrogens is 2. The van der Waals surface area contributed by atoms with Gasteiger partial charge in [-0.2, -0.15) is 0 Å². The highest BCUT2D eigenvalue weighted by Gasteiger charge is 2.33. The van der Waals surface area contributed by atoms with Crippen molar-refractivity contribution in [3.8, 4) is 11.5 Å². The number of likely N-dealkylation sites (tertiary alicyclic amines) is 1. The highest BCUT2D eigenvalue weighted by molar-refractivity contribution is 5.75. The Bertz CT molecular complexity index is 844. The van der Waals surface area contributed by atoms with Crippen LogP contribution in [-0.4, -0.2) is 45.9 Å². The van der Waals surface area contributed by atoms with E-state index >= 15 is 0 Å². The van der Waals surface area contributed by atoms with Crippen LogP contribution in [0.1, 0.15) is 52.5 Å². The third-order valence-corrected chi connectivity index (χ3v) is 4.51. The molecule has 3 rings (SSSR count). The van der Waals surface area contributed by atoms with Crippen molar-refractivity contribution in [2.75, 3.05) is 13.1 Å². The number of benzene rings is 1. The molecule has 2 unspecified atom stereocenters. The summed E-state index contributed by atoms with van der Waals surface area (Å²) in [4.78, 5) is 26.5. The van der Waals surface area contributed by atoms with Crippen LogP contribution in [0.25, 0.3) is 11.5 Å². The average Bonchev–Trinajstić information content (AvgIpc) is 3.18. The fourth-order valence-electron chi connectivity index (χ4n) is 3.08. The van der Waals surface area contributed by atoms with Gasteiger partial charge in [-0.25, -0.2) is 4.79 Å². The Labute approximate surface area is 170 Å². The van der Waals surface area contributed by atoms with Gasteiger partial charge in [0.1, 0.15) is 5.60 Å². The Kier molecular flexibility index (Phi) is 6.20. The lowest BCUT2D eigenvalue weighted by Crippen LogP contribution is -2.45. The molecule has 29 heavy (non-hydrogen) atoms. The van der Waals surface area contributed by atoms with Gasteiger partial charge in [-0.1, -0.05) is 18.2 Å². The van der Waals surface area contributed by atoms with Crippen molar-refractivity contribution in [2.24, 2.45) is 5.92 Å². The Balaban J connectivity index is 1.58. The molecular formula is C21H27N3O5. The molecule has 1 fully saturated rings. The van der Waals surface area contributed by atoms with E-state index in [4.69, 9.17) is 13.9 Å². The summed E-state index contributed by atoms with van der Waals surface area (Å²) in [5, 5.41) is 8.01. The van der Waals surface area contributed by atoms with Crippen molar-refractivity contribution in [3.05, 3.63) is 36.2 Å². The molecule has 2 heterocycles. The van der Waals surface area contributed by atoms with Gasteiger partial charge in [0.2, 0.25) is 5.89 Å². The zero-order valence-electron chi connectivity index (χ0n) is 17.3. The summed E-state index contributed by atoms with van der Waals surface area (Å²) in [7, 11) is 0. The third-order valence-electron chi connectivity index (χ3n) is 4.51. The third kappa shape index (κ3) is 5.56. The number of nitrogens with zero attached hydrogens (tertiary/aromatic N) is 3. The van der Waals surface area contributed by atoms with Crippen LogP contribution < -0.4 is 0 Å². The molecular weight excluding hydrogens is 374 g/mol. The average molecular weight is 401 g/mol. The van der Waals surface area contributed by atoms with Gasteiger partial charge in [0.05, 0.1) is 5.92 Å². The summed E-state index contributed by atoms with van der Waals surface area (Å²) >= 11 is 0. The van der Waals surface area contributed by atoms with Gasteiger partial charge in [-0.15, -0.1) is 10.2 Å². The van der Waals surface area contributed by atoms with Crippen molar-refractivity contribution >= 4 is 12.1 Å². The van der Waals surface area contributed by atoms with E-state index in [1.165, 1.54) is 0 Å². The summed E-state index contributed by atoms with van der Waals surface area (Å²) in [6, 6.07) is 9.38. The van der Waals surface area contributed by atoms with Crippen LogP contribution in [0.4, 0.5) is 4.79 Å². The molecule has 1 saturated heterocycles. The second kappa shape index (κ2) is 8.63. The SMILES string of the molecule is CC(OC(=O)C1CCCN(C(=O)OC(C)(C)C)C1)c1nnc(-c2ccccc2)o1. The van der Waals surface area contributed by atoms with E-state index in [9.17, 15) is 9.59 Å². The summed E-state index contributed by atoms with van der Waals surface area (Å²) in [6.07, 6.45) is 0.285. The zero-order chi connectivity index (χ0) is 21.0. The fourth-order valence-corrected chi connectivity index (χ4v) is 3.08. The molecule has 0 aliphatic carbocycles. The summed E-state index contributed by atoms with van der Waals surface area (Å²) in [5.41, 5.74) is 0.220. The molecule has 8 nitrogen and oxygen atoms in total. The first-order chi connectivity index (χ1) is 13.7. The lowest BCUT2D eigenvalue weighted by Gasteiger charge is -2.33. The Morgan fingerprint density at radius 1 is 1.21 bits per heavy atom. The summed E-state index contributed by atoms with van der Waals surface area (Å²) < 4.78 is 16.6. The number of ether oxygens (including phenoxy) is 2. The van der Waals surface area contributed by atoms with Gasteiger partial charge < -0.3 is 18.8 Å². The van der Waals surface area contributed by atoms with Crippen LogP contribution in [0.15, 0.2) is 34.7 Å². The quantitative estimate of drug-likeness (QED) is 0.715. The number of esters is 1. The maximum Gasteiger partial charge on any atom is 0.410 e. The number of piperidine rings is 1. The normalized spacial score (nSPS) is 18.2. The molecule has 0 N–H and O–H groups in total. The predicted molar refractivity (Wildman–Crippen MR) is 105 cm³/mol. The molecule has 8 heteroatoms. The number of carbonyl (C=O) groups excluding carboxylic acids is 2. The van der Waals surface area contributed by atoms with Crippen LogP contribution in [0.2, 0.25) is 0 Å². The maximum atomic E-state index is 12.6. The fraction of sp³-hybridized carbons (Fsp3) is 0.524. The molecule has 2 atom stereocenters. The van der Waals surface area contributed by atoms with E-state index in [-0.39, 0.29) is 18.4 Å². The molecule has 1 aromatic heterocycles. The Hall–Kier alpha value is -2.90. The molecule has 1 aromatic carbocycles. The van der Waals surface area contributed by atoms with Crippen molar-refractivity contribution in [1.29, 1.82) is 0 Å². The van der Waals surface area contributed by atoms with Crippen molar-refractivity contribution in [2.45, 2.75) is 52.2 Å². The molecule has 1 aliphatic heterocycles. The standard InChI is InChI=1S/C21H27N3O5/c1-14(17-22-23-18(28-17)15-9-6-5-7-10-15)27-19(25)16-11-8-12-24(13-16)20(26)29-21(2,3)4/h5-7,9-10,14,16H,8,11-13H2,1-4H3. The number of amides is 1. The summed E-state index contributed by atoms with van der Waals surface area (Å²) in [5.74, 6) is -0.185. The molecule has 1 amide bonds. The van der Waals surface area contributed by atoms with E-state index in [1.54, 1.807) is 11.8 Å². The van der Waals surface area contributed by atoms with Crippen molar-refractivity contribution in [1.82, 2.24) is 15.1 Å². The molecule has 1 aliphatic rings. The highest BCUT2D eigenvalue weighted by Crippen LogP contribution is 2.25. The first-order valence-electron chi connectivity index (χ1n) is 9.80. The van der Waals surface area contributed by atoms with E-state index < -0.39 is 23.7 Å². The lowest BCUT2D eigenvalue weighted by molar-refractivity contribution is -0.156. The summed E-state index contributed by atoms with van der Waals surface area (Å²) in [6.45, 7) is 7.98. The molecule has 0 radical (unpaired) electrons. The first-order valence-corrected chi connectivity index (χ1v) is 9.80. The molecule has 0 saturated carbocycles. The highest BCUT2D eigenvalue weighted by atomic mass is 16.6. The molecule has 0 bridgehead atoms. The van der Waals surface area contributed by atoms with Gasteiger partial charge >= 0.3 is 12.1 Å². The van der Waals surface area contributed by atoms with Crippen LogP contribution in [0.5, 0.6) is 0 Å². The molecule has 156 valence electrons. The Morgan fingerprint density at radius 3 is 2.62 bits per heavy atom. The van der Waals surface area contributed by atoms with E-state index in [0.29, 0.717) is 25.3 Å². The van der Waals surface area contributed by atoms with E-state index in [0.717, 1.165) is 5.56 Å². The number of hydrogen-bond acceptors (Lipinski definition) is 7. The Morgan fingerprint density at radius 2 is 1.93 bits per heavy atom.